The van der Waals surface area contributed by atoms with Gasteiger partial charge in [0.2, 0.25) is 0 Å². The first kappa shape index (κ1) is 28.9. The van der Waals surface area contributed by atoms with Crippen molar-refractivity contribution in [2.45, 2.75) is 58.5 Å². The lowest BCUT2D eigenvalue weighted by molar-refractivity contribution is -0.149. The molecule has 0 aromatic heterocycles. The highest BCUT2D eigenvalue weighted by atomic mass is 32.2. The number of benzene rings is 2. The van der Waals surface area contributed by atoms with Crippen LogP contribution in [0.2, 0.25) is 0 Å². The van der Waals surface area contributed by atoms with Crippen LogP contribution in [0, 0.1) is 0 Å². The molecule has 1 N–H and O–H groups in total. The quantitative estimate of drug-likeness (QED) is 0.283. The van der Waals surface area contributed by atoms with Gasteiger partial charge in [-0.2, -0.15) is 11.8 Å². The molecule has 1 aliphatic rings. The van der Waals surface area contributed by atoms with Crippen molar-refractivity contribution < 1.29 is 28.9 Å². The summed E-state index contributed by atoms with van der Waals surface area (Å²) in [4.78, 5) is 26.0. The summed E-state index contributed by atoms with van der Waals surface area (Å²) in [5, 5.41) is 9.28. The molecule has 202 valence electrons. The van der Waals surface area contributed by atoms with Crippen molar-refractivity contribution in [3.8, 4) is 11.5 Å². The van der Waals surface area contributed by atoms with Crippen LogP contribution in [0.5, 0.6) is 11.5 Å². The van der Waals surface area contributed by atoms with Gasteiger partial charge in [-0.3, -0.25) is 0 Å². The number of amides is 1. The van der Waals surface area contributed by atoms with Crippen molar-refractivity contribution in [2.75, 3.05) is 37.8 Å². The van der Waals surface area contributed by atoms with E-state index in [2.05, 4.69) is 13.0 Å². The van der Waals surface area contributed by atoms with Crippen molar-refractivity contribution in [3.05, 3.63) is 59.2 Å². The van der Waals surface area contributed by atoms with E-state index in [0.717, 1.165) is 49.2 Å². The summed E-state index contributed by atoms with van der Waals surface area (Å²) < 4.78 is 16.9. The van der Waals surface area contributed by atoms with Gasteiger partial charge in [-0.05, 0) is 91.5 Å². The van der Waals surface area contributed by atoms with E-state index in [1.807, 2.05) is 48.2 Å². The Morgan fingerprint density at radius 1 is 1.00 bits per heavy atom. The van der Waals surface area contributed by atoms with E-state index >= 15 is 0 Å². The van der Waals surface area contributed by atoms with Gasteiger partial charge >= 0.3 is 12.1 Å². The van der Waals surface area contributed by atoms with Crippen LogP contribution in [0.15, 0.2) is 42.5 Å². The van der Waals surface area contributed by atoms with E-state index in [4.69, 9.17) is 14.2 Å². The number of carbonyl (C=O) groups is 2. The Hall–Kier alpha value is -2.71. The van der Waals surface area contributed by atoms with Gasteiger partial charge in [0.15, 0.2) is 6.10 Å². The summed E-state index contributed by atoms with van der Waals surface area (Å²) in [6.45, 7) is 5.65. The fourth-order valence-electron chi connectivity index (χ4n) is 4.30. The number of carbonyl (C=O) groups excluding carboxylic acids is 1. The first-order chi connectivity index (χ1) is 18.0. The molecular weight excluding hydrogens is 490 g/mol. The number of aryl methyl sites for hydroxylation is 2. The third-order valence-corrected chi connectivity index (χ3v) is 7.49. The smallest absolute Gasteiger partial charge is 0.415 e. The largest absolute Gasteiger partial charge is 0.492 e. The molecule has 7 nitrogen and oxygen atoms in total. The number of ether oxygens (including phenoxy) is 3. The average Bonchev–Trinajstić information content (AvgIpc) is 3.36. The Labute approximate surface area is 224 Å². The van der Waals surface area contributed by atoms with E-state index in [9.17, 15) is 14.7 Å². The van der Waals surface area contributed by atoms with Crippen LogP contribution in [0.3, 0.4) is 0 Å². The number of hydrogen-bond donors (Lipinski definition) is 1. The third kappa shape index (κ3) is 9.59. The second-order valence-corrected chi connectivity index (χ2v) is 10.3. The summed E-state index contributed by atoms with van der Waals surface area (Å²) in [5.41, 5.74) is 3.48. The molecule has 0 fully saturated rings. The van der Waals surface area contributed by atoms with Crippen LogP contribution in [0.4, 0.5) is 4.79 Å². The van der Waals surface area contributed by atoms with E-state index in [1.54, 1.807) is 11.8 Å². The molecule has 0 radical (unpaired) electrons. The highest BCUT2D eigenvalue weighted by molar-refractivity contribution is 7.99. The van der Waals surface area contributed by atoms with Crippen LogP contribution < -0.4 is 9.47 Å². The SMILES string of the molecule is CCCSCCCN(CCOc1ccc(CC(OCC)C(=O)O)cc1)C(=O)Oc1ccc2c(c1)CCC2. The average molecular weight is 530 g/mol. The molecule has 0 aliphatic heterocycles. The van der Waals surface area contributed by atoms with Crippen LogP contribution >= 0.6 is 11.8 Å². The van der Waals surface area contributed by atoms with E-state index in [1.165, 1.54) is 11.1 Å². The highest BCUT2D eigenvalue weighted by Gasteiger charge is 2.19. The number of aliphatic carboxylic acids is 1. The normalized spacial score (nSPS) is 13.1. The standard InChI is InChI=1S/C29H39NO6S/c1-3-18-37-19-6-15-30(29(33)36-26-14-11-23-7-5-8-24(23)21-26)16-17-35-25-12-9-22(10-13-25)20-27(28(31)32)34-4-2/h9-14,21,27H,3-8,15-20H2,1-2H3,(H,31,32). The number of thioether (sulfide) groups is 1. The second kappa shape index (κ2) is 15.5. The Morgan fingerprint density at radius 2 is 1.76 bits per heavy atom. The maximum absolute atomic E-state index is 13.0. The van der Waals surface area contributed by atoms with E-state index < -0.39 is 12.1 Å². The molecule has 0 saturated heterocycles. The van der Waals surface area contributed by atoms with Crippen molar-refractivity contribution >= 4 is 23.8 Å². The molecule has 1 atom stereocenters. The zero-order valence-electron chi connectivity index (χ0n) is 21.9. The maximum atomic E-state index is 13.0. The number of nitrogens with zero attached hydrogens (tertiary/aromatic N) is 1. The van der Waals surface area contributed by atoms with Crippen molar-refractivity contribution in [2.24, 2.45) is 0 Å². The minimum atomic E-state index is -0.970. The molecule has 1 unspecified atom stereocenters. The number of carboxylic acid groups (broad SMARTS) is 1. The maximum Gasteiger partial charge on any atom is 0.415 e. The zero-order chi connectivity index (χ0) is 26.5. The summed E-state index contributed by atoms with van der Waals surface area (Å²) in [7, 11) is 0. The lowest BCUT2D eigenvalue weighted by atomic mass is 10.1. The summed E-state index contributed by atoms with van der Waals surface area (Å²) in [5.74, 6) is 2.41. The van der Waals surface area contributed by atoms with Crippen LogP contribution in [-0.2, 0) is 28.8 Å². The van der Waals surface area contributed by atoms with Gasteiger partial charge in [-0.25, -0.2) is 9.59 Å². The minimum absolute atomic E-state index is 0.293. The van der Waals surface area contributed by atoms with Gasteiger partial charge in [0.25, 0.3) is 0 Å². The van der Waals surface area contributed by atoms with Crippen LogP contribution in [-0.4, -0.2) is 66.0 Å². The Morgan fingerprint density at radius 3 is 2.49 bits per heavy atom. The minimum Gasteiger partial charge on any atom is -0.492 e. The fourth-order valence-corrected chi connectivity index (χ4v) is 5.13. The van der Waals surface area contributed by atoms with Gasteiger partial charge in [-0.15, -0.1) is 0 Å². The molecule has 1 aliphatic carbocycles. The molecule has 2 aromatic carbocycles. The third-order valence-electron chi connectivity index (χ3n) is 6.22. The number of fused-ring (bicyclic) bond motifs is 1. The molecule has 3 rings (SSSR count). The van der Waals surface area contributed by atoms with Gasteiger partial charge in [-0.1, -0.05) is 25.1 Å². The van der Waals surface area contributed by atoms with E-state index in [0.29, 0.717) is 44.2 Å². The van der Waals surface area contributed by atoms with Gasteiger partial charge in [0.1, 0.15) is 18.1 Å². The lowest BCUT2D eigenvalue weighted by Crippen LogP contribution is -2.37. The Kier molecular flexibility index (Phi) is 12.1. The second-order valence-electron chi connectivity index (χ2n) is 9.08. The predicted molar refractivity (Wildman–Crippen MR) is 147 cm³/mol. The molecule has 0 bridgehead atoms. The summed E-state index contributed by atoms with van der Waals surface area (Å²) in [6.07, 6.45) is 4.39. The zero-order valence-corrected chi connectivity index (χ0v) is 22.8. The topological polar surface area (TPSA) is 85.3 Å². The molecule has 37 heavy (non-hydrogen) atoms. The first-order valence-corrected chi connectivity index (χ1v) is 14.4. The fraction of sp³-hybridized carbons (Fsp3) is 0.517. The van der Waals surface area contributed by atoms with Gasteiger partial charge in [0, 0.05) is 19.6 Å². The highest BCUT2D eigenvalue weighted by Crippen LogP contribution is 2.26. The molecule has 2 aromatic rings. The van der Waals surface area contributed by atoms with Crippen molar-refractivity contribution in [3.63, 3.8) is 0 Å². The monoisotopic (exact) mass is 529 g/mol. The predicted octanol–water partition coefficient (Wildman–Crippen LogP) is 5.62. The summed E-state index contributed by atoms with van der Waals surface area (Å²) in [6, 6.07) is 13.3. The Balaban J connectivity index is 1.53. The summed E-state index contributed by atoms with van der Waals surface area (Å²) >= 11 is 1.90. The molecule has 1 amide bonds. The number of rotatable bonds is 16. The van der Waals surface area contributed by atoms with Gasteiger partial charge in [0.05, 0.1) is 6.54 Å². The number of carboxylic acids is 1. The van der Waals surface area contributed by atoms with Crippen LogP contribution in [0.1, 0.15) is 49.8 Å². The van der Waals surface area contributed by atoms with Crippen LogP contribution in [0.25, 0.3) is 0 Å². The molecule has 8 heteroatoms. The first-order valence-electron chi connectivity index (χ1n) is 13.2. The molecule has 0 saturated carbocycles. The van der Waals surface area contributed by atoms with E-state index in [-0.39, 0.29) is 6.09 Å². The molecule has 0 heterocycles. The van der Waals surface area contributed by atoms with Crippen molar-refractivity contribution in [1.82, 2.24) is 4.90 Å². The number of hydrogen-bond acceptors (Lipinski definition) is 6. The Bertz CT molecular complexity index is 996. The lowest BCUT2D eigenvalue weighted by Gasteiger charge is -2.22. The van der Waals surface area contributed by atoms with Gasteiger partial charge < -0.3 is 24.2 Å². The molecular formula is C29H39NO6S. The van der Waals surface area contributed by atoms with Crippen molar-refractivity contribution in [1.29, 1.82) is 0 Å². The molecule has 0 spiro atoms.